The molecule has 0 spiro atoms. The third-order valence-corrected chi connectivity index (χ3v) is 5.37. The maximum atomic E-state index is 3.62. The fourth-order valence-electron chi connectivity index (χ4n) is 4.23. The Morgan fingerprint density at radius 3 is 2.88 bits per heavy atom. The Bertz CT molecular complexity index is 245. The van der Waals surface area contributed by atoms with Crippen molar-refractivity contribution >= 4 is 0 Å². The van der Waals surface area contributed by atoms with Crippen molar-refractivity contribution in [2.45, 2.75) is 51.5 Å². The molecule has 3 fully saturated rings. The van der Waals surface area contributed by atoms with Gasteiger partial charge in [-0.1, -0.05) is 6.92 Å². The second-order valence-electron chi connectivity index (χ2n) is 6.40. The Balaban J connectivity index is 1.63. The van der Waals surface area contributed by atoms with Crippen LogP contribution in [0.2, 0.25) is 0 Å². The van der Waals surface area contributed by atoms with E-state index in [0.29, 0.717) is 5.41 Å². The summed E-state index contributed by atoms with van der Waals surface area (Å²) in [6.07, 6.45) is 8.69. The van der Waals surface area contributed by atoms with Crippen molar-refractivity contribution in [1.29, 1.82) is 0 Å². The third-order valence-electron chi connectivity index (χ3n) is 5.37. The van der Waals surface area contributed by atoms with Gasteiger partial charge in [-0.3, -0.25) is 4.90 Å². The van der Waals surface area contributed by atoms with Gasteiger partial charge in [0.25, 0.3) is 0 Å². The van der Waals surface area contributed by atoms with E-state index >= 15 is 0 Å². The molecule has 92 valence electrons. The molecule has 1 N–H and O–H groups in total. The molecule has 1 aliphatic carbocycles. The monoisotopic (exact) mass is 222 g/mol. The SMILES string of the molecule is CCC1(CN2CC3CCC2C3)CCCNC1. The zero-order valence-electron chi connectivity index (χ0n) is 10.7. The first-order chi connectivity index (χ1) is 7.81. The highest BCUT2D eigenvalue weighted by Crippen LogP contribution is 2.41. The molecule has 3 rings (SSSR count). The van der Waals surface area contributed by atoms with Crippen LogP contribution in [0.1, 0.15) is 45.4 Å². The Morgan fingerprint density at radius 1 is 1.38 bits per heavy atom. The van der Waals surface area contributed by atoms with Crippen molar-refractivity contribution in [3.05, 3.63) is 0 Å². The topological polar surface area (TPSA) is 15.3 Å². The van der Waals surface area contributed by atoms with E-state index < -0.39 is 0 Å². The van der Waals surface area contributed by atoms with Crippen molar-refractivity contribution in [1.82, 2.24) is 10.2 Å². The maximum absolute atomic E-state index is 3.62. The molecule has 0 aromatic carbocycles. The second-order valence-corrected chi connectivity index (χ2v) is 6.40. The van der Waals surface area contributed by atoms with Gasteiger partial charge in [-0.05, 0) is 56.4 Å². The lowest BCUT2D eigenvalue weighted by Crippen LogP contribution is -2.49. The van der Waals surface area contributed by atoms with Crippen molar-refractivity contribution in [2.24, 2.45) is 11.3 Å². The third kappa shape index (κ3) is 1.91. The van der Waals surface area contributed by atoms with Gasteiger partial charge in [0.05, 0.1) is 0 Å². The summed E-state index contributed by atoms with van der Waals surface area (Å²) >= 11 is 0. The molecule has 0 aromatic heterocycles. The summed E-state index contributed by atoms with van der Waals surface area (Å²) < 4.78 is 0. The summed E-state index contributed by atoms with van der Waals surface area (Å²) in [7, 11) is 0. The predicted octanol–water partition coefficient (Wildman–Crippen LogP) is 2.25. The fraction of sp³-hybridized carbons (Fsp3) is 1.00. The predicted molar refractivity (Wildman–Crippen MR) is 67.5 cm³/mol. The smallest absolute Gasteiger partial charge is 0.00988 e. The second kappa shape index (κ2) is 4.30. The average Bonchev–Trinajstić information content (AvgIpc) is 2.92. The van der Waals surface area contributed by atoms with Crippen LogP contribution in [-0.4, -0.2) is 37.1 Å². The molecule has 3 atom stereocenters. The minimum Gasteiger partial charge on any atom is -0.316 e. The van der Waals surface area contributed by atoms with Crippen molar-refractivity contribution in [2.75, 3.05) is 26.2 Å². The van der Waals surface area contributed by atoms with Gasteiger partial charge < -0.3 is 5.32 Å². The van der Waals surface area contributed by atoms with E-state index in [1.165, 1.54) is 64.7 Å². The van der Waals surface area contributed by atoms with Crippen molar-refractivity contribution in [3.63, 3.8) is 0 Å². The Labute approximate surface area is 99.8 Å². The zero-order chi connectivity index (χ0) is 11.0. The van der Waals surface area contributed by atoms with Crippen LogP contribution in [0.4, 0.5) is 0 Å². The summed E-state index contributed by atoms with van der Waals surface area (Å²) in [5.41, 5.74) is 0.600. The van der Waals surface area contributed by atoms with Crippen molar-refractivity contribution < 1.29 is 0 Å². The van der Waals surface area contributed by atoms with Crippen LogP contribution in [0.15, 0.2) is 0 Å². The minimum absolute atomic E-state index is 0.600. The van der Waals surface area contributed by atoms with Crippen molar-refractivity contribution in [3.8, 4) is 0 Å². The summed E-state index contributed by atoms with van der Waals surface area (Å²) in [5, 5.41) is 3.62. The first-order valence-electron chi connectivity index (χ1n) is 7.26. The molecule has 2 heterocycles. The van der Waals surface area contributed by atoms with E-state index in [1.807, 2.05) is 0 Å². The van der Waals surface area contributed by atoms with Crippen LogP contribution in [0.5, 0.6) is 0 Å². The molecule has 1 saturated carbocycles. The van der Waals surface area contributed by atoms with Crippen LogP contribution in [0.3, 0.4) is 0 Å². The van der Waals surface area contributed by atoms with Gasteiger partial charge in [0.15, 0.2) is 0 Å². The van der Waals surface area contributed by atoms with Gasteiger partial charge in [-0.25, -0.2) is 0 Å². The van der Waals surface area contributed by atoms with E-state index in [1.54, 1.807) is 0 Å². The number of hydrogen-bond donors (Lipinski definition) is 1. The lowest BCUT2D eigenvalue weighted by Gasteiger charge is -2.42. The highest BCUT2D eigenvalue weighted by Gasteiger charge is 2.41. The molecule has 2 nitrogen and oxygen atoms in total. The molecule has 0 amide bonds. The number of nitrogens with zero attached hydrogens (tertiary/aromatic N) is 1. The summed E-state index contributed by atoms with van der Waals surface area (Å²) in [6, 6.07) is 0.954. The number of likely N-dealkylation sites (tertiary alicyclic amines) is 1. The molecule has 3 unspecified atom stereocenters. The minimum atomic E-state index is 0.600. The molecule has 2 aliphatic heterocycles. The molecule has 16 heavy (non-hydrogen) atoms. The molecule has 3 aliphatic rings. The van der Waals surface area contributed by atoms with Gasteiger partial charge in [0.2, 0.25) is 0 Å². The first-order valence-corrected chi connectivity index (χ1v) is 7.26. The lowest BCUT2D eigenvalue weighted by atomic mass is 9.77. The standard InChI is InChI=1S/C14H26N2/c1-2-14(6-3-7-15-10-14)11-16-9-12-4-5-13(16)8-12/h12-13,15H,2-11H2,1H3. The molecule has 2 bridgehead atoms. The fourth-order valence-corrected chi connectivity index (χ4v) is 4.23. The van der Waals surface area contributed by atoms with Gasteiger partial charge in [-0.2, -0.15) is 0 Å². The average molecular weight is 222 g/mol. The molecule has 0 radical (unpaired) electrons. The molecule has 2 heteroatoms. The normalized spacial score (nSPS) is 44.1. The van der Waals surface area contributed by atoms with Crippen LogP contribution in [-0.2, 0) is 0 Å². The Hall–Kier alpha value is -0.0800. The van der Waals surface area contributed by atoms with E-state index in [9.17, 15) is 0 Å². The van der Waals surface area contributed by atoms with Gasteiger partial charge in [0, 0.05) is 25.7 Å². The Morgan fingerprint density at radius 2 is 2.31 bits per heavy atom. The highest BCUT2D eigenvalue weighted by atomic mass is 15.2. The maximum Gasteiger partial charge on any atom is 0.00988 e. The number of piperidine rings is 2. The number of hydrogen-bond acceptors (Lipinski definition) is 2. The molecule has 2 saturated heterocycles. The first kappa shape index (κ1) is 11.0. The molecular formula is C14H26N2. The van der Waals surface area contributed by atoms with Crippen LogP contribution in [0.25, 0.3) is 0 Å². The molecule has 0 aromatic rings. The van der Waals surface area contributed by atoms with E-state index in [0.717, 1.165) is 12.0 Å². The highest BCUT2D eigenvalue weighted by molar-refractivity contribution is 4.96. The van der Waals surface area contributed by atoms with E-state index in [-0.39, 0.29) is 0 Å². The number of fused-ring (bicyclic) bond motifs is 2. The number of rotatable bonds is 3. The van der Waals surface area contributed by atoms with Gasteiger partial charge in [-0.15, -0.1) is 0 Å². The van der Waals surface area contributed by atoms with E-state index in [4.69, 9.17) is 0 Å². The van der Waals surface area contributed by atoms with Crippen LogP contribution in [0, 0.1) is 11.3 Å². The Kier molecular flexibility index (Phi) is 2.97. The van der Waals surface area contributed by atoms with E-state index in [2.05, 4.69) is 17.1 Å². The number of nitrogens with one attached hydrogen (secondary N) is 1. The zero-order valence-corrected chi connectivity index (χ0v) is 10.7. The lowest BCUT2D eigenvalue weighted by molar-refractivity contribution is 0.0904. The summed E-state index contributed by atoms with van der Waals surface area (Å²) in [4.78, 5) is 2.82. The van der Waals surface area contributed by atoms with Gasteiger partial charge >= 0.3 is 0 Å². The molecular weight excluding hydrogens is 196 g/mol. The summed E-state index contributed by atoms with van der Waals surface area (Å²) in [5.74, 6) is 1.05. The van der Waals surface area contributed by atoms with Crippen LogP contribution < -0.4 is 5.32 Å². The van der Waals surface area contributed by atoms with Crippen LogP contribution >= 0.6 is 0 Å². The quantitative estimate of drug-likeness (QED) is 0.788. The van der Waals surface area contributed by atoms with Gasteiger partial charge in [0.1, 0.15) is 0 Å². The largest absolute Gasteiger partial charge is 0.316 e. The summed E-state index contributed by atoms with van der Waals surface area (Å²) in [6.45, 7) is 7.68.